The zero-order valence-electron chi connectivity index (χ0n) is 11.8. The molecule has 2 rings (SSSR count). The number of hydrogen-bond acceptors (Lipinski definition) is 2. The van der Waals surface area contributed by atoms with Gasteiger partial charge in [-0.25, -0.2) is 0 Å². The van der Waals surface area contributed by atoms with E-state index in [2.05, 4.69) is 15.9 Å². The monoisotopic (exact) mass is 374 g/mol. The number of ether oxygens (including phenoxy) is 2. The van der Waals surface area contributed by atoms with Gasteiger partial charge in [-0.3, -0.25) is 0 Å². The Hall–Kier alpha value is -1.53. The maximum absolute atomic E-state index is 12.5. The molecule has 0 aliphatic heterocycles. The van der Waals surface area contributed by atoms with Crippen LogP contribution >= 0.6 is 15.9 Å². The van der Waals surface area contributed by atoms with Crippen LogP contribution in [0.15, 0.2) is 46.9 Å². The first-order valence-electron chi connectivity index (χ1n) is 6.46. The molecular weight excluding hydrogens is 361 g/mol. The average Bonchev–Trinajstić information content (AvgIpc) is 2.47. The zero-order chi connectivity index (χ0) is 16.2. The van der Waals surface area contributed by atoms with Crippen LogP contribution in [0.1, 0.15) is 16.7 Å². The van der Waals surface area contributed by atoms with Gasteiger partial charge >= 0.3 is 6.18 Å². The second kappa shape index (κ2) is 7.15. The van der Waals surface area contributed by atoms with Crippen molar-refractivity contribution in [1.29, 1.82) is 0 Å². The summed E-state index contributed by atoms with van der Waals surface area (Å²) >= 11 is 3.37. The van der Waals surface area contributed by atoms with Crippen molar-refractivity contribution in [3.63, 3.8) is 0 Å². The van der Waals surface area contributed by atoms with E-state index in [1.54, 1.807) is 7.11 Å². The number of methoxy groups -OCH3 is 1. The quantitative estimate of drug-likeness (QED) is 0.716. The predicted molar refractivity (Wildman–Crippen MR) is 80.6 cm³/mol. The van der Waals surface area contributed by atoms with E-state index in [0.29, 0.717) is 17.9 Å². The molecule has 0 saturated carbocycles. The summed E-state index contributed by atoms with van der Waals surface area (Å²) in [5, 5.41) is 0. The molecule has 0 amide bonds. The average molecular weight is 375 g/mol. The molecule has 0 fully saturated rings. The van der Waals surface area contributed by atoms with Crippen LogP contribution in [0.2, 0.25) is 0 Å². The highest BCUT2D eigenvalue weighted by atomic mass is 79.9. The molecule has 0 bridgehead atoms. The van der Waals surface area contributed by atoms with Crippen molar-refractivity contribution < 1.29 is 22.6 Å². The summed E-state index contributed by atoms with van der Waals surface area (Å²) in [6.07, 6.45) is -4.32. The van der Waals surface area contributed by atoms with E-state index in [4.69, 9.17) is 9.47 Å². The van der Waals surface area contributed by atoms with Crippen LogP contribution in [0.3, 0.4) is 0 Å². The van der Waals surface area contributed by atoms with Gasteiger partial charge in [0.2, 0.25) is 0 Å². The van der Waals surface area contributed by atoms with Crippen LogP contribution in [0.4, 0.5) is 13.2 Å². The Morgan fingerprint density at radius 1 is 1.00 bits per heavy atom. The first-order chi connectivity index (χ1) is 10.4. The predicted octanol–water partition coefficient (Wildman–Crippen LogP) is 5.19. The molecule has 0 unspecified atom stereocenters. The molecule has 0 N–H and O–H groups in total. The minimum Gasteiger partial charge on any atom is -0.496 e. The molecule has 2 aromatic rings. The molecular formula is C16H14BrF3O2. The number of benzene rings is 2. The molecule has 22 heavy (non-hydrogen) atoms. The fourth-order valence-electron chi connectivity index (χ4n) is 1.93. The lowest BCUT2D eigenvalue weighted by Gasteiger charge is -2.11. The van der Waals surface area contributed by atoms with Crippen LogP contribution in [0.25, 0.3) is 0 Å². The second-order valence-corrected chi connectivity index (χ2v) is 5.56. The first-order valence-corrected chi connectivity index (χ1v) is 7.26. The number of hydrogen-bond donors (Lipinski definition) is 0. The summed E-state index contributed by atoms with van der Waals surface area (Å²) in [5.41, 5.74) is 0.885. The third-order valence-electron chi connectivity index (χ3n) is 3.05. The molecule has 6 heteroatoms. The van der Waals surface area contributed by atoms with Gasteiger partial charge in [0.05, 0.1) is 25.9 Å². The molecule has 0 radical (unpaired) electrons. The lowest BCUT2D eigenvalue weighted by Crippen LogP contribution is -2.04. The molecule has 2 nitrogen and oxygen atoms in total. The first kappa shape index (κ1) is 16.8. The van der Waals surface area contributed by atoms with E-state index in [-0.39, 0.29) is 6.61 Å². The number of halogens is 4. The molecule has 0 atom stereocenters. The van der Waals surface area contributed by atoms with Gasteiger partial charge in [-0.2, -0.15) is 13.2 Å². The van der Waals surface area contributed by atoms with Crippen molar-refractivity contribution >= 4 is 15.9 Å². The van der Waals surface area contributed by atoms with E-state index in [1.165, 1.54) is 12.1 Å². The van der Waals surface area contributed by atoms with Crippen LogP contribution in [0, 0.1) is 0 Å². The zero-order valence-corrected chi connectivity index (χ0v) is 13.4. The van der Waals surface area contributed by atoms with E-state index in [9.17, 15) is 13.2 Å². The SMILES string of the molecule is COc1ccc(Br)cc1COCc1ccc(C(F)(F)F)cc1. The van der Waals surface area contributed by atoms with E-state index in [0.717, 1.165) is 22.2 Å². The van der Waals surface area contributed by atoms with Crippen molar-refractivity contribution in [3.05, 3.63) is 63.6 Å². The van der Waals surface area contributed by atoms with Gasteiger partial charge in [-0.15, -0.1) is 0 Å². The minimum absolute atomic E-state index is 0.230. The molecule has 0 spiro atoms. The Morgan fingerprint density at radius 2 is 1.68 bits per heavy atom. The Morgan fingerprint density at radius 3 is 2.27 bits per heavy atom. The second-order valence-electron chi connectivity index (χ2n) is 4.64. The molecule has 0 aromatic heterocycles. The maximum atomic E-state index is 12.5. The molecule has 0 heterocycles. The Labute approximate surface area is 135 Å². The summed E-state index contributed by atoms with van der Waals surface area (Å²) in [7, 11) is 1.57. The highest BCUT2D eigenvalue weighted by Crippen LogP contribution is 2.29. The topological polar surface area (TPSA) is 18.5 Å². The number of alkyl halides is 3. The summed E-state index contributed by atoms with van der Waals surface area (Å²) in [5.74, 6) is 0.704. The number of rotatable bonds is 5. The standard InChI is InChI=1S/C16H14BrF3O2/c1-21-15-7-6-14(17)8-12(15)10-22-9-11-2-4-13(5-3-11)16(18,19)20/h2-8H,9-10H2,1H3. The minimum atomic E-state index is -4.32. The lowest BCUT2D eigenvalue weighted by atomic mass is 10.1. The van der Waals surface area contributed by atoms with Crippen LogP contribution in [-0.2, 0) is 24.1 Å². The van der Waals surface area contributed by atoms with Gasteiger partial charge in [0.25, 0.3) is 0 Å². The van der Waals surface area contributed by atoms with Crippen molar-refractivity contribution in [2.24, 2.45) is 0 Å². The Balaban J connectivity index is 1.95. The fourth-order valence-corrected chi connectivity index (χ4v) is 2.34. The summed E-state index contributed by atoms with van der Waals surface area (Å²) in [6, 6.07) is 10.5. The van der Waals surface area contributed by atoms with Gasteiger partial charge in [-0.1, -0.05) is 28.1 Å². The summed E-state index contributed by atoms with van der Waals surface area (Å²) in [4.78, 5) is 0. The van der Waals surface area contributed by atoms with Crippen LogP contribution in [0.5, 0.6) is 5.75 Å². The largest absolute Gasteiger partial charge is 0.496 e. The van der Waals surface area contributed by atoms with E-state index >= 15 is 0 Å². The van der Waals surface area contributed by atoms with Gasteiger partial charge in [0.15, 0.2) is 0 Å². The Bertz CT molecular complexity index is 624. The van der Waals surface area contributed by atoms with Gasteiger partial charge in [0, 0.05) is 10.0 Å². The lowest BCUT2D eigenvalue weighted by molar-refractivity contribution is -0.137. The third kappa shape index (κ3) is 4.48. The van der Waals surface area contributed by atoms with Gasteiger partial charge in [-0.05, 0) is 35.9 Å². The molecule has 0 saturated heterocycles. The molecule has 0 aliphatic carbocycles. The summed E-state index contributed by atoms with van der Waals surface area (Å²) in [6.45, 7) is 0.539. The molecule has 0 aliphatic rings. The van der Waals surface area contributed by atoms with Crippen LogP contribution < -0.4 is 4.74 Å². The van der Waals surface area contributed by atoms with Crippen LogP contribution in [-0.4, -0.2) is 7.11 Å². The molecule has 118 valence electrons. The highest BCUT2D eigenvalue weighted by molar-refractivity contribution is 9.10. The van der Waals surface area contributed by atoms with E-state index < -0.39 is 11.7 Å². The third-order valence-corrected chi connectivity index (χ3v) is 3.54. The van der Waals surface area contributed by atoms with Crippen molar-refractivity contribution in [3.8, 4) is 5.75 Å². The van der Waals surface area contributed by atoms with Crippen molar-refractivity contribution in [1.82, 2.24) is 0 Å². The fraction of sp³-hybridized carbons (Fsp3) is 0.250. The highest BCUT2D eigenvalue weighted by Gasteiger charge is 2.29. The smallest absolute Gasteiger partial charge is 0.416 e. The van der Waals surface area contributed by atoms with Gasteiger partial charge < -0.3 is 9.47 Å². The Kier molecular flexibility index (Phi) is 5.47. The van der Waals surface area contributed by atoms with Gasteiger partial charge in [0.1, 0.15) is 5.75 Å². The van der Waals surface area contributed by atoms with Crippen molar-refractivity contribution in [2.75, 3.05) is 7.11 Å². The van der Waals surface area contributed by atoms with Crippen molar-refractivity contribution in [2.45, 2.75) is 19.4 Å². The van der Waals surface area contributed by atoms with E-state index in [1.807, 2.05) is 18.2 Å². The molecule has 2 aromatic carbocycles. The normalized spacial score (nSPS) is 11.5. The summed E-state index contributed by atoms with van der Waals surface area (Å²) < 4.78 is 49.1. The maximum Gasteiger partial charge on any atom is 0.416 e.